The lowest BCUT2D eigenvalue weighted by Crippen LogP contribution is -2.58. The lowest BCUT2D eigenvalue weighted by atomic mass is 9.86. The molecule has 3 atom stereocenters. The fourth-order valence-corrected chi connectivity index (χ4v) is 2.25. The Bertz CT molecular complexity index is 372. The van der Waals surface area contributed by atoms with Crippen molar-refractivity contribution in [3.63, 3.8) is 0 Å². The highest BCUT2D eigenvalue weighted by Crippen LogP contribution is 2.26. The topological polar surface area (TPSA) is 44.5 Å². The van der Waals surface area contributed by atoms with Crippen LogP contribution in [0.1, 0.15) is 18.9 Å². The van der Waals surface area contributed by atoms with Crippen LogP contribution in [0.3, 0.4) is 0 Å². The number of ether oxygens (including phenoxy) is 2. The molecule has 1 aromatic carbocycles. The Morgan fingerprint density at radius 1 is 1.41 bits per heavy atom. The van der Waals surface area contributed by atoms with E-state index in [2.05, 4.69) is 0 Å². The molecule has 3 unspecified atom stereocenters. The summed E-state index contributed by atoms with van der Waals surface area (Å²) in [4.78, 5) is 0. The first-order valence-electron chi connectivity index (χ1n) is 5.94. The predicted molar refractivity (Wildman–Crippen MR) is 68.0 cm³/mol. The Balaban J connectivity index is 1.82. The van der Waals surface area contributed by atoms with Gasteiger partial charge in [-0.1, -0.05) is 23.7 Å². The van der Waals surface area contributed by atoms with Crippen LogP contribution in [-0.4, -0.2) is 24.9 Å². The van der Waals surface area contributed by atoms with Crippen LogP contribution >= 0.6 is 11.6 Å². The molecule has 0 heterocycles. The highest BCUT2D eigenvalue weighted by atomic mass is 35.5. The van der Waals surface area contributed by atoms with Crippen molar-refractivity contribution in [1.82, 2.24) is 0 Å². The van der Waals surface area contributed by atoms with Gasteiger partial charge in [0.1, 0.15) is 0 Å². The van der Waals surface area contributed by atoms with E-state index in [1.54, 1.807) is 0 Å². The minimum Gasteiger partial charge on any atom is -0.374 e. The van der Waals surface area contributed by atoms with Crippen LogP contribution in [0.4, 0.5) is 0 Å². The largest absolute Gasteiger partial charge is 0.374 e. The van der Waals surface area contributed by atoms with Gasteiger partial charge >= 0.3 is 0 Å². The van der Waals surface area contributed by atoms with E-state index >= 15 is 0 Å². The molecule has 0 amide bonds. The maximum Gasteiger partial charge on any atom is 0.0988 e. The van der Waals surface area contributed by atoms with Gasteiger partial charge in [-0.15, -0.1) is 0 Å². The molecule has 0 aromatic heterocycles. The van der Waals surface area contributed by atoms with Gasteiger partial charge in [0, 0.05) is 17.7 Å². The molecule has 1 aliphatic carbocycles. The number of nitrogens with two attached hydrogens (primary N) is 1. The average molecular weight is 256 g/mol. The Labute approximate surface area is 107 Å². The normalized spacial score (nSPS) is 27.8. The van der Waals surface area contributed by atoms with Crippen LogP contribution in [0.2, 0.25) is 5.02 Å². The van der Waals surface area contributed by atoms with E-state index in [-0.39, 0.29) is 18.2 Å². The minimum atomic E-state index is 0.0409. The van der Waals surface area contributed by atoms with Gasteiger partial charge in [-0.2, -0.15) is 0 Å². The molecular weight excluding hydrogens is 238 g/mol. The molecule has 1 saturated carbocycles. The lowest BCUT2D eigenvalue weighted by molar-refractivity contribution is -0.142. The molecule has 2 rings (SSSR count). The number of hydrogen-bond acceptors (Lipinski definition) is 3. The summed E-state index contributed by atoms with van der Waals surface area (Å²) in [6.45, 7) is 3.20. The van der Waals surface area contributed by atoms with Crippen molar-refractivity contribution < 1.29 is 9.47 Å². The van der Waals surface area contributed by atoms with Crippen molar-refractivity contribution >= 4 is 11.6 Å². The molecule has 0 aliphatic heterocycles. The molecular formula is C13H18ClNO2. The molecule has 0 bridgehead atoms. The van der Waals surface area contributed by atoms with Gasteiger partial charge in [-0.3, -0.25) is 0 Å². The van der Waals surface area contributed by atoms with Gasteiger partial charge in [-0.25, -0.2) is 0 Å². The summed E-state index contributed by atoms with van der Waals surface area (Å²) in [5.41, 5.74) is 6.94. The smallest absolute Gasteiger partial charge is 0.0988 e. The standard InChI is InChI=1S/C13H18ClNO2/c1-2-16-13-11(15)7-12(13)17-8-9-4-3-5-10(14)6-9/h3-6,11-13H,2,7-8,15H2,1H3. The average Bonchev–Trinajstić information content (AvgIpc) is 2.31. The summed E-state index contributed by atoms with van der Waals surface area (Å²) < 4.78 is 11.3. The van der Waals surface area contributed by atoms with Gasteiger partial charge in [0.05, 0.1) is 18.8 Å². The SMILES string of the molecule is CCOC1C(N)CC1OCc1cccc(Cl)c1. The Morgan fingerprint density at radius 3 is 2.88 bits per heavy atom. The number of hydrogen-bond donors (Lipinski definition) is 1. The summed E-state index contributed by atoms with van der Waals surface area (Å²) in [7, 11) is 0. The van der Waals surface area contributed by atoms with E-state index in [1.165, 1.54) is 0 Å². The molecule has 1 aromatic rings. The third kappa shape index (κ3) is 3.19. The van der Waals surface area contributed by atoms with E-state index in [9.17, 15) is 0 Å². The third-order valence-corrected chi connectivity index (χ3v) is 3.24. The van der Waals surface area contributed by atoms with Gasteiger partial charge in [0.2, 0.25) is 0 Å². The Kier molecular flexibility index (Phi) is 4.40. The first-order valence-corrected chi connectivity index (χ1v) is 6.31. The van der Waals surface area contributed by atoms with Gasteiger partial charge in [0.15, 0.2) is 0 Å². The first-order chi connectivity index (χ1) is 8.20. The quantitative estimate of drug-likeness (QED) is 0.879. The second-order valence-electron chi connectivity index (χ2n) is 4.30. The van der Waals surface area contributed by atoms with Crippen molar-refractivity contribution in [3.05, 3.63) is 34.9 Å². The minimum absolute atomic E-state index is 0.0409. The highest BCUT2D eigenvalue weighted by Gasteiger charge is 2.40. The van der Waals surface area contributed by atoms with E-state index < -0.39 is 0 Å². The summed E-state index contributed by atoms with van der Waals surface area (Å²) in [5.74, 6) is 0. The van der Waals surface area contributed by atoms with Crippen LogP contribution in [0.5, 0.6) is 0 Å². The predicted octanol–water partition coefficient (Wildman–Crippen LogP) is 2.36. The molecule has 0 spiro atoms. The highest BCUT2D eigenvalue weighted by molar-refractivity contribution is 6.30. The van der Waals surface area contributed by atoms with E-state index in [1.807, 2.05) is 31.2 Å². The van der Waals surface area contributed by atoms with Gasteiger partial charge in [-0.05, 0) is 31.0 Å². The van der Waals surface area contributed by atoms with E-state index in [0.29, 0.717) is 13.2 Å². The lowest BCUT2D eigenvalue weighted by Gasteiger charge is -2.41. The van der Waals surface area contributed by atoms with E-state index in [0.717, 1.165) is 17.0 Å². The summed E-state index contributed by atoms with van der Waals surface area (Å²) in [5, 5.41) is 0.734. The van der Waals surface area contributed by atoms with Crippen molar-refractivity contribution in [1.29, 1.82) is 0 Å². The summed E-state index contributed by atoms with van der Waals surface area (Å²) >= 11 is 5.91. The third-order valence-electron chi connectivity index (χ3n) is 3.01. The monoisotopic (exact) mass is 255 g/mol. The van der Waals surface area contributed by atoms with Crippen LogP contribution < -0.4 is 5.73 Å². The molecule has 2 N–H and O–H groups in total. The molecule has 0 saturated heterocycles. The number of benzene rings is 1. The zero-order valence-corrected chi connectivity index (χ0v) is 10.7. The molecule has 0 radical (unpaired) electrons. The molecule has 1 aliphatic rings. The molecule has 1 fully saturated rings. The van der Waals surface area contributed by atoms with E-state index in [4.69, 9.17) is 26.8 Å². The van der Waals surface area contributed by atoms with Crippen molar-refractivity contribution in [3.8, 4) is 0 Å². The van der Waals surface area contributed by atoms with Gasteiger partial charge < -0.3 is 15.2 Å². The zero-order chi connectivity index (χ0) is 12.3. The van der Waals surface area contributed by atoms with Crippen molar-refractivity contribution in [2.45, 2.75) is 38.2 Å². The van der Waals surface area contributed by atoms with Gasteiger partial charge in [0.25, 0.3) is 0 Å². The Morgan fingerprint density at radius 2 is 2.24 bits per heavy atom. The zero-order valence-electron chi connectivity index (χ0n) is 9.93. The first kappa shape index (κ1) is 12.8. The fourth-order valence-electron chi connectivity index (χ4n) is 2.03. The maximum atomic E-state index is 5.91. The van der Waals surface area contributed by atoms with Crippen molar-refractivity contribution in [2.24, 2.45) is 5.73 Å². The second kappa shape index (κ2) is 5.83. The van der Waals surface area contributed by atoms with Crippen LogP contribution in [0, 0.1) is 0 Å². The molecule has 17 heavy (non-hydrogen) atoms. The van der Waals surface area contributed by atoms with Crippen molar-refractivity contribution in [2.75, 3.05) is 6.61 Å². The summed E-state index contributed by atoms with van der Waals surface area (Å²) in [6, 6.07) is 7.80. The second-order valence-corrected chi connectivity index (χ2v) is 4.74. The molecule has 4 heteroatoms. The number of halogens is 1. The van der Waals surface area contributed by atoms with Crippen LogP contribution in [0.25, 0.3) is 0 Å². The number of rotatable bonds is 5. The molecule has 94 valence electrons. The fraction of sp³-hybridized carbons (Fsp3) is 0.538. The van der Waals surface area contributed by atoms with Crippen LogP contribution in [-0.2, 0) is 16.1 Å². The molecule has 3 nitrogen and oxygen atoms in total. The maximum absolute atomic E-state index is 5.91. The van der Waals surface area contributed by atoms with Crippen LogP contribution in [0.15, 0.2) is 24.3 Å². The summed E-state index contributed by atoms with van der Waals surface area (Å²) in [6.07, 6.45) is 1.02. The Hall–Kier alpha value is -0.610.